The molecule has 2 amide bonds. The molecule has 0 radical (unpaired) electrons. The number of carbonyl (C=O) groups excluding carboxylic acids is 2. The summed E-state index contributed by atoms with van der Waals surface area (Å²) in [5.41, 5.74) is 2.36. The Bertz CT molecular complexity index is 966. The third kappa shape index (κ3) is 3.31. The molecule has 1 aliphatic rings. The SMILES string of the molecule is Cc1ccc(N2CCC(NC(=O)c3cccnc3-n3cccn3)C2=O)cc1. The van der Waals surface area contributed by atoms with Crippen LogP contribution < -0.4 is 10.2 Å². The average molecular weight is 361 g/mol. The monoisotopic (exact) mass is 361 g/mol. The molecule has 1 unspecified atom stereocenters. The Hall–Kier alpha value is -3.48. The van der Waals surface area contributed by atoms with E-state index in [0.717, 1.165) is 11.3 Å². The number of benzene rings is 1. The molecule has 1 N–H and O–H groups in total. The van der Waals surface area contributed by atoms with Gasteiger partial charge in [-0.25, -0.2) is 9.67 Å². The van der Waals surface area contributed by atoms with Gasteiger partial charge in [-0.3, -0.25) is 9.59 Å². The summed E-state index contributed by atoms with van der Waals surface area (Å²) >= 11 is 0. The fourth-order valence-electron chi connectivity index (χ4n) is 3.18. The molecule has 1 aliphatic heterocycles. The van der Waals surface area contributed by atoms with Crippen molar-refractivity contribution in [1.29, 1.82) is 0 Å². The Morgan fingerprint density at radius 2 is 1.96 bits per heavy atom. The summed E-state index contributed by atoms with van der Waals surface area (Å²) in [4.78, 5) is 31.5. The number of hydrogen-bond donors (Lipinski definition) is 1. The molecule has 0 aliphatic carbocycles. The van der Waals surface area contributed by atoms with Crippen LogP contribution in [-0.4, -0.2) is 39.2 Å². The van der Waals surface area contributed by atoms with Crippen molar-refractivity contribution in [2.75, 3.05) is 11.4 Å². The average Bonchev–Trinajstić information content (AvgIpc) is 3.34. The molecular weight excluding hydrogens is 342 g/mol. The third-order valence-corrected chi connectivity index (χ3v) is 4.61. The largest absolute Gasteiger partial charge is 0.340 e. The van der Waals surface area contributed by atoms with Gasteiger partial charge in [-0.05, 0) is 43.7 Å². The minimum Gasteiger partial charge on any atom is -0.340 e. The molecule has 7 nitrogen and oxygen atoms in total. The first-order valence-corrected chi connectivity index (χ1v) is 8.77. The van der Waals surface area contributed by atoms with Gasteiger partial charge in [-0.2, -0.15) is 5.10 Å². The summed E-state index contributed by atoms with van der Waals surface area (Å²) in [6.45, 7) is 2.58. The van der Waals surface area contributed by atoms with E-state index in [0.29, 0.717) is 24.3 Å². The van der Waals surface area contributed by atoms with Crippen molar-refractivity contribution < 1.29 is 9.59 Å². The normalized spacial score (nSPS) is 16.6. The van der Waals surface area contributed by atoms with E-state index < -0.39 is 6.04 Å². The van der Waals surface area contributed by atoms with Gasteiger partial charge in [-0.1, -0.05) is 17.7 Å². The predicted molar refractivity (Wildman–Crippen MR) is 101 cm³/mol. The minimum absolute atomic E-state index is 0.100. The number of amides is 2. The van der Waals surface area contributed by atoms with Crippen LogP contribution in [0.2, 0.25) is 0 Å². The van der Waals surface area contributed by atoms with Gasteiger partial charge in [0.15, 0.2) is 5.82 Å². The maximum Gasteiger partial charge on any atom is 0.255 e. The van der Waals surface area contributed by atoms with Gasteiger partial charge in [0.1, 0.15) is 6.04 Å². The number of anilines is 1. The highest BCUT2D eigenvalue weighted by Crippen LogP contribution is 2.22. The topological polar surface area (TPSA) is 80.1 Å². The van der Waals surface area contributed by atoms with Crippen LogP contribution in [0, 0.1) is 6.92 Å². The van der Waals surface area contributed by atoms with Crippen molar-refractivity contribution in [2.24, 2.45) is 0 Å². The Balaban J connectivity index is 1.51. The van der Waals surface area contributed by atoms with Gasteiger partial charge in [0.05, 0.1) is 5.56 Å². The highest BCUT2D eigenvalue weighted by molar-refractivity contribution is 6.04. The van der Waals surface area contributed by atoms with Crippen LogP contribution in [0.4, 0.5) is 5.69 Å². The van der Waals surface area contributed by atoms with Crippen molar-refractivity contribution in [2.45, 2.75) is 19.4 Å². The van der Waals surface area contributed by atoms with Gasteiger partial charge in [-0.15, -0.1) is 0 Å². The fraction of sp³-hybridized carbons (Fsp3) is 0.200. The van der Waals surface area contributed by atoms with Crippen LogP contribution in [0.25, 0.3) is 5.82 Å². The van der Waals surface area contributed by atoms with Crippen LogP contribution in [0.15, 0.2) is 61.1 Å². The lowest BCUT2D eigenvalue weighted by molar-refractivity contribution is -0.118. The smallest absolute Gasteiger partial charge is 0.255 e. The summed E-state index contributed by atoms with van der Waals surface area (Å²) < 4.78 is 1.53. The first-order valence-electron chi connectivity index (χ1n) is 8.77. The lowest BCUT2D eigenvalue weighted by Gasteiger charge is -2.18. The van der Waals surface area contributed by atoms with Crippen molar-refractivity contribution in [3.05, 3.63) is 72.2 Å². The number of aromatic nitrogens is 3. The van der Waals surface area contributed by atoms with Gasteiger partial charge in [0.2, 0.25) is 5.91 Å². The molecule has 2 aromatic heterocycles. The Kier molecular flexibility index (Phi) is 4.42. The van der Waals surface area contributed by atoms with E-state index in [-0.39, 0.29) is 11.8 Å². The van der Waals surface area contributed by atoms with E-state index in [1.807, 2.05) is 31.2 Å². The molecule has 1 saturated heterocycles. The Morgan fingerprint density at radius 1 is 1.15 bits per heavy atom. The molecule has 1 atom stereocenters. The van der Waals surface area contributed by atoms with Crippen LogP contribution in [0.3, 0.4) is 0 Å². The van der Waals surface area contributed by atoms with E-state index in [1.54, 1.807) is 41.7 Å². The minimum atomic E-state index is -0.551. The second kappa shape index (κ2) is 7.03. The summed E-state index contributed by atoms with van der Waals surface area (Å²) in [7, 11) is 0. The highest BCUT2D eigenvalue weighted by atomic mass is 16.2. The zero-order valence-corrected chi connectivity index (χ0v) is 14.9. The lowest BCUT2D eigenvalue weighted by Crippen LogP contribution is -2.41. The van der Waals surface area contributed by atoms with Gasteiger partial charge < -0.3 is 10.2 Å². The van der Waals surface area contributed by atoms with Crippen molar-refractivity contribution in [1.82, 2.24) is 20.1 Å². The maximum atomic E-state index is 12.8. The zero-order valence-electron chi connectivity index (χ0n) is 14.9. The van der Waals surface area contributed by atoms with E-state index in [4.69, 9.17) is 0 Å². The number of aryl methyl sites for hydroxylation is 1. The van der Waals surface area contributed by atoms with Crippen molar-refractivity contribution >= 4 is 17.5 Å². The summed E-state index contributed by atoms with van der Waals surface area (Å²) in [6.07, 6.45) is 5.51. The molecule has 1 fully saturated rings. The molecular formula is C20H19N5O2. The lowest BCUT2D eigenvalue weighted by atomic mass is 10.2. The summed E-state index contributed by atoms with van der Waals surface area (Å²) in [6, 6.07) is 12.4. The van der Waals surface area contributed by atoms with E-state index >= 15 is 0 Å². The Morgan fingerprint density at radius 3 is 2.70 bits per heavy atom. The standard InChI is InChI=1S/C20H19N5O2/c1-14-5-7-15(8-6-14)24-13-9-17(20(24)27)23-19(26)16-4-2-10-21-18(16)25-12-3-11-22-25/h2-8,10-12,17H,9,13H2,1H3,(H,23,26). The zero-order chi connectivity index (χ0) is 18.8. The van der Waals surface area contributed by atoms with E-state index in [1.165, 1.54) is 4.68 Å². The number of nitrogens with one attached hydrogen (secondary N) is 1. The quantitative estimate of drug-likeness (QED) is 0.772. The third-order valence-electron chi connectivity index (χ3n) is 4.61. The Labute approximate surface area is 156 Å². The van der Waals surface area contributed by atoms with Crippen molar-refractivity contribution in [3.8, 4) is 5.82 Å². The molecule has 0 bridgehead atoms. The number of hydrogen-bond acceptors (Lipinski definition) is 4. The number of rotatable bonds is 4. The second-order valence-electron chi connectivity index (χ2n) is 6.47. The molecule has 7 heteroatoms. The maximum absolute atomic E-state index is 12.8. The number of nitrogens with zero attached hydrogens (tertiary/aromatic N) is 4. The van der Waals surface area contributed by atoms with Crippen LogP contribution >= 0.6 is 0 Å². The molecule has 4 rings (SSSR count). The first kappa shape index (κ1) is 17.0. The summed E-state index contributed by atoms with van der Waals surface area (Å²) in [5.74, 6) is -0.00437. The molecule has 1 aromatic carbocycles. The molecule has 3 heterocycles. The molecule has 3 aromatic rings. The molecule has 136 valence electrons. The molecule has 0 spiro atoms. The second-order valence-corrected chi connectivity index (χ2v) is 6.47. The first-order chi connectivity index (χ1) is 13.1. The molecule has 0 saturated carbocycles. The summed E-state index contributed by atoms with van der Waals surface area (Å²) in [5, 5.41) is 6.98. The van der Waals surface area contributed by atoms with Crippen LogP contribution in [0.1, 0.15) is 22.3 Å². The fourth-order valence-corrected chi connectivity index (χ4v) is 3.18. The number of pyridine rings is 1. The van der Waals surface area contributed by atoms with E-state index in [9.17, 15) is 9.59 Å². The van der Waals surface area contributed by atoms with Gasteiger partial charge in [0, 0.05) is 30.8 Å². The number of carbonyl (C=O) groups is 2. The predicted octanol–water partition coefficient (Wildman–Crippen LogP) is 2.11. The van der Waals surface area contributed by atoms with Crippen molar-refractivity contribution in [3.63, 3.8) is 0 Å². The van der Waals surface area contributed by atoms with Gasteiger partial charge >= 0.3 is 0 Å². The molecule has 27 heavy (non-hydrogen) atoms. The highest BCUT2D eigenvalue weighted by Gasteiger charge is 2.34. The van der Waals surface area contributed by atoms with Gasteiger partial charge in [0.25, 0.3) is 5.91 Å². The van der Waals surface area contributed by atoms with Crippen LogP contribution in [0.5, 0.6) is 0 Å². The van der Waals surface area contributed by atoms with Crippen LogP contribution in [-0.2, 0) is 4.79 Å². The van der Waals surface area contributed by atoms with E-state index in [2.05, 4.69) is 15.4 Å².